The predicted molar refractivity (Wildman–Crippen MR) is 110 cm³/mol. The third kappa shape index (κ3) is 3.50. The monoisotopic (exact) mass is 458 g/mol. The number of aromatic hydroxyl groups is 1. The molecule has 0 spiro atoms. The molecule has 0 atom stereocenters. The summed E-state index contributed by atoms with van der Waals surface area (Å²) in [6.45, 7) is 2.54. The minimum atomic E-state index is -0.673. The zero-order chi connectivity index (χ0) is 19.7. The fourth-order valence-corrected chi connectivity index (χ4v) is 4.31. The topological polar surface area (TPSA) is 90.1 Å². The number of rotatable bonds is 5. The highest BCUT2D eigenvalue weighted by atomic mass is 79.9. The van der Waals surface area contributed by atoms with Crippen LogP contribution in [0, 0.1) is 0 Å². The minimum Gasteiger partial charge on any atom is -0.504 e. The van der Waals surface area contributed by atoms with Gasteiger partial charge in [-0.2, -0.15) is 5.10 Å². The Morgan fingerprint density at radius 3 is 2.82 bits per heavy atom. The third-order valence-corrected chi connectivity index (χ3v) is 5.67. The molecule has 0 aliphatic carbocycles. The highest BCUT2D eigenvalue weighted by Crippen LogP contribution is 2.39. The standard InChI is InChI=1S/C19H15BrN4O3S/c1-2-27-19(26)13-15(25)16-14(17(20)22-13)23-18(28-16)12-8-21-24(10-12)9-11-6-4-3-5-7-11/h3-8,10,25H,2,9H2,1H3. The van der Waals surface area contributed by atoms with Crippen LogP contribution < -0.4 is 0 Å². The molecule has 0 unspecified atom stereocenters. The van der Waals surface area contributed by atoms with Crippen molar-refractivity contribution in [1.82, 2.24) is 19.7 Å². The van der Waals surface area contributed by atoms with E-state index in [1.807, 2.05) is 41.2 Å². The fraction of sp³-hybridized carbons (Fsp3) is 0.158. The molecular weight excluding hydrogens is 444 g/mol. The van der Waals surface area contributed by atoms with Crippen LogP contribution in [0.15, 0.2) is 47.3 Å². The Balaban J connectivity index is 1.69. The Labute approximate surface area is 172 Å². The summed E-state index contributed by atoms with van der Waals surface area (Å²) in [4.78, 5) is 20.7. The molecule has 0 aliphatic heterocycles. The van der Waals surface area contributed by atoms with E-state index in [1.165, 1.54) is 11.3 Å². The molecule has 4 rings (SSSR count). The lowest BCUT2D eigenvalue weighted by molar-refractivity contribution is 0.0516. The van der Waals surface area contributed by atoms with Crippen molar-refractivity contribution in [3.63, 3.8) is 0 Å². The van der Waals surface area contributed by atoms with Gasteiger partial charge in [0, 0.05) is 11.8 Å². The summed E-state index contributed by atoms with van der Waals surface area (Å²) in [6.07, 6.45) is 3.63. The van der Waals surface area contributed by atoms with Crippen LogP contribution >= 0.6 is 27.3 Å². The fourth-order valence-electron chi connectivity index (χ4n) is 2.73. The lowest BCUT2D eigenvalue weighted by Gasteiger charge is -2.04. The molecule has 1 aromatic carbocycles. The molecule has 0 aliphatic rings. The van der Waals surface area contributed by atoms with Gasteiger partial charge in [-0.25, -0.2) is 14.8 Å². The number of hydrogen-bond donors (Lipinski definition) is 1. The number of pyridine rings is 1. The van der Waals surface area contributed by atoms with Crippen LogP contribution in [-0.2, 0) is 11.3 Å². The zero-order valence-corrected chi connectivity index (χ0v) is 17.2. The molecule has 0 fully saturated rings. The smallest absolute Gasteiger partial charge is 0.360 e. The van der Waals surface area contributed by atoms with E-state index in [4.69, 9.17) is 4.74 Å². The normalized spacial score (nSPS) is 11.1. The van der Waals surface area contributed by atoms with Crippen LogP contribution in [0.4, 0.5) is 0 Å². The molecule has 3 heterocycles. The molecule has 1 N–H and O–H groups in total. The molecule has 9 heteroatoms. The van der Waals surface area contributed by atoms with Gasteiger partial charge in [0.2, 0.25) is 0 Å². The van der Waals surface area contributed by atoms with Crippen molar-refractivity contribution in [2.24, 2.45) is 0 Å². The van der Waals surface area contributed by atoms with Crippen LogP contribution in [0.2, 0.25) is 0 Å². The van der Waals surface area contributed by atoms with E-state index in [9.17, 15) is 9.90 Å². The zero-order valence-electron chi connectivity index (χ0n) is 14.8. The largest absolute Gasteiger partial charge is 0.504 e. The van der Waals surface area contributed by atoms with E-state index in [0.717, 1.165) is 11.1 Å². The number of nitrogens with zero attached hydrogens (tertiary/aromatic N) is 4. The van der Waals surface area contributed by atoms with Crippen LogP contribution in [0.3, 0.4) is 0 Å². The number of halogens is 1. The Kier molecular flexibility index (Phi) is 5.10. The average Bonchev–Trinajstić information content (AvgIpc) is 3.33. The first-order valence-electron chi connectivity index (χ1n) is 8.49. The average molecular weight is 459 g/mol. The van der Waals surface area contributed by atoms with Gasteiger partial charge < -0.3 is 9.84 Å². The van der Waals surface area contributed by atoms with Crippen molar-refractivity contribution >= 4 is 43.5 Å². The molecule has 3 aromatic heterocycles. The number of fused-ring (bicyclic) bond motifs is 1. The van der Waals surface area contributed by atoms with Crippen LogP contribution in [-0.4, -0.2) is 37.4 Å². The van der Waals surface area contributed by atoms with Gasteiger partial charge in [0.1, 0.15) is 19.8 Å². The Hall–Kier alpha value is -2.78. The third-order valence-electron chi connectivity index (χ3n) is 4.01. The number of carbonyl (C=O) groups is 1. The van der Waals surface area contributed by atoms with Crippen LogP contribution in [0.25, 0.3) is 20.8 Å². The lowest BCUT2D eigenvalue weighted by Crippen LogP contribution is -2.07. The number of carbonyl (C=O) groups excluding carboxylic acids is 1. The maximum Gasteiger partial charge on any atom is 0.360 e. The molecule has 0 saturated carbocycles. The summed E-state index contributed by atoms with van der Waals surface area (Å²) in [5.74, 6) is -0.898. The van der Waals surface area contributed by atoms with Gasteiger partial charge in [0.05, 0.1) is 19.3 Å². The molecule has 0 amide bonds. The second kappa shape index (κ2) is 7.69. The molecule has 0 radical (unpaired) electrons. The lowest BCUT2D eigenvalue weighted by atomic mass is 10.2. The van der Waals surface area contributed by atoms with E-state index in [0.29, 0.717) is 26.4 Å². The summed E-state index contributed by atoms with van der Waals surface area (Å²) >= 11 is 4.60. The molecule has 142 valence electrons. The number of hydrogen-bond acceptors (Lipinski definition) is 7. The van der Waals surface area contributed by atoms with Gasteiger partial charge in [0.25, 0.3) is 0 Å². The SMILES string of the molecule is CCOC(=O)c1nc(Br)c2nc(-c3cnn(Cc4ccccc4)c3)sc2c1O. The minimum absolute atomic E-state index is 0.129. The highest BCUT2D eigenvalue weighted by Gasteiger charge is 2.23. The number of ether oxygens (including phenoxy) is 1. The van der Waals surface area contributed by atoms with Crippen LogP contribution in [0.5, 0.6) is 5.75 Å². The quantitative estimate of drug-likeness (QED) is 0.355. The molecule has 28 heavy (non-hydrogen) atoms. The number of benzene rings is 1. The first kappa shape index (κ1) is 18.6. The second-order valence-corrected chi connectivity index (χ2v) is 7.68. The van der Waals surface area contributed by atoms with E-state index in [-0.39, 0.29) is 18.1 Å². The molecule has 7 nitrogen and oxygen atoms in total. The maximum absolute atomic E-state index is 12.0. The first-order chi connectivity index (χ1) is 13.6. The highest BCUT2D eigenvalue weighted by molar-refractivity contribution is 9.10. The van der Waals surface area contributed by atoms with Gasteiger partial charge in [-0.3, -0.25) is 4.68 Å². The molecular formula is C19H15BrN4O3S. The van der Waals surface area contributed by atoms with Crippen molar-refractivity contribution in [2.45, 2.75) is 13.5 Å². The number of aromatic nitrogens is 4. The van der Waals surface area contributed by atoms with Crippen molar-refractivity contribution in [1.29, 1.82) is 0 Å². The summed E-state index contributed by atoms with van der Waals surface area (Å²) in [7, 11) is 0. The van der Waals surface area contributed by atoms with Crippen molar-refractivity contribution in [3.8, 4) is 16.3 Å². The van der Waals surface area contributed by atoms with E-state index < -0.39 is 5.97 Å². The summed E-state index contributed by atoms with van der Waals surface area (Å²) < 4.78 is 7.63. The summed E-state index contributed by atoms with van der Waals surface area (Å²) in [5, 5.41) is 15.6. The van der Waals surface area contributed by atoms with Gasteiger partial charge >= 0.3 is 5.97 Å². The van der Waals surface area contributed by atoms with Crippen LogP contribution in [0.1, 0.15) is 23.0 Å². The van der Waals surface area contributed by atoms with Gasteiger partial charge in [-0.15, -0.1) is 11.3 Å². The van der Waals surface area contributed by atoms with E-state index >= 15 is 0 Å². The maximum atomic E-state index is 12.0. The number of esters is 1. The Bertz CT molecular complexity index is 1160. The molecule has 0 bridgehead atoms. The Morgan fingerprint density at radius 1 is 1.29 bits per heavy atom. The molecule has 4 aromatic rings. The van der Waals surface area contributed by atoms with Gasteiger partial charge in [0.15, 0.2) is 11.4 Å². The van der Waals surface area contributed by atoms with Crippen molar-refractivity contribution in [2.75, 3.05) is 6.61 Å². The predicted octanol–water partition coefficient (Wildman–Crippen LogP) is 4.25. The second-order valence-electron chi connectivity index (χ2n) is 5.93. The number of thiazole rings is 1. The van der Waals surface area contributed by atoms with Crippen molar-refractivity contribution < 1.29 is 14.6 Å². The van der Waals surface area contributed by atoms with E-state index in [2.05, 4.69) is 31.0 Å². The van der Waals surface area contributed by atoms with Gasteiger partial charge in [-0.1, -0.05) is 30.3 Å². The summed E-state index contributed by atoms with van der Waals surface area (Å²) in [6, 6.07) is 10.0. The first-order valence-corrected chi connectivity index (χ1v) is 10.1. The van der Waals surface area contributed by atoms with E-state index in [1.54, 1.807) is 13.1 Å². The van der Waals surface area contributed by atoms with Gasteiger partial charge in [-0.05, 0) is 28.4 Å². The molecule has 0 saturated heterocycles. The van der Waals surface area contributed by atoms with Crippen molar-refractivity contribution in [3.05, 3.63) is 58.6 Å². The summed E-state index contributed by atoms with van der Waals surface area (Å²) in [5.41, 5.74) is 2.32. The Morgan fingerprint density at radius 2 is 2.07 bits per heavy atom.